The van der Waals surface area contributed by atoms with Gasteiger partial charge in [0.05, 0.1) is 6.61 Å². The molecule has 2 heteroatoms. The van der Waals surface area contributed by atoms with Crippen molar-refractivity contribution in [2.75, 3.05) is 6.61 Å². The lowest BCUT2D eigenvalue weighted by Crippen LogP contribution is -2.22. The number of hydrogen-bond acceptors (Lipinski definition) is 2. The SMILES string of the molecule is CCCCCOc1ccc2c(c1)CC(=O)C(C)C2. The lowest BCUT2D eigenvalue weighted by Gasteiger charge is -2.21. The Morgan fingerprint density at radius 1 is 1.28 bits per heavy atom. The summed E-state index contributed by atoms with van der Waals surface area (Å²) < 4.78 is 5.72. The van der Waals surface area contributed by atoms with Gasteiger partial charge in [-0.1, -0.05) is 32.8 Å². The maximum Gasteiger partial charge on any atom is 0.140 e. The first-order valence-corrected chi connectivity index (χ1v) is 6.98. The van der Waals surface area contributed by atoms with Crippen LogP contribution in [0.5, 0.6) is 5.75 Å². The first-order valence-electron chi connectivity index (χ1n) is 6.98. The van der Waals surface area contributed by atoms with Gasteiger partial charge in [-0.25, -0.2) is 0 Å². The van der Waals surface area contributed by atoms with Crippen molar-refractivity contribution in [1.29, 1.82) is 0 Å². The molecule has 0 saturated heterocycles. The molecule has 0 aromatic heterocycles. The van der Waals surface area contributed by atoms with Crippen molar-refractivity contribution in [2.24, 2.45) is 5.92 Å². The highest BCUT2D eigenvalue weighted by Gasteiger charge is 2.22. The van der Waals surface area contributed by atoms with E-state index in [-0.39, 0.29) is 5.92 Å². The summed E-state index contributed by atoms with van der Waals surface area (Å²) in [6.07, 6.45) is 4.97. The minimum Gasteiger partial charge on any atom is -0.494 e. The monoisotopic (exact) mass is 246 g/mol. The van der Waals surface area contributed by atoms with Gasteiger partial charge in [-0.3, -0.25) is 4.79 Å². The molecule has 0 fully saturated rings. The van der Waals surface area contributed by atoms with E-state index in [1.54, 1.807) is 0 Å². The first kappa shape index (κ1) is 13.1. The summed E-state index contributed by atoms with van der Waals surface area (Å²) >= 11 is 0. The van der Waals surface area contributed by atoms with E-state index in [4.69, 9.17) is 4.74 Å². The molecule has 0 N–H and O–H groups in total. The molecule has 98 valence electrons. The average molecular weight is 246 g/mol. The molecule has 0 amide bonds. The number of unbranched alkanes of at least 4 members (excludes halogenated alkanes) is 2. The molecule has 0 saturated carbocycles. The molecule has 1 aliphatic carbocycles. The Hall–Kier alpha value is -1.31. The van der Waals surface area contributed by atoms with E-state index in [0.29, 0.717) is 12.2 Å². The largest absolute Gasteiger partial charge is 0.494 e. The van der Waals surface area contributed by atoms with Gasteiger partial charge in [0.1, 0.15) is 11.5 Å². The van der Waals surface area contributed by atoms with Crippen molar-refractivity contribution in [3.8, 4) is 5.75 Å². The Labute approximate surface area is 109 Å². The zero-order valence-corrected chi connectivity index (χ0v) is 11.4. The summed E-state index contributed by atoms with van der Waals surface area (Å²) in [5.74, 6) is 1.44. The Morgan fingerprint density at radius 2 is 2.11 bits per heavy atom. The second kappa shape index (κ2) is 6.03. The van der Waals surface area contributed by atoms with Crippen LogP contribution in [-0.4, -0.2) is 12.4 Å². The highest BCUT2D eigenvalue weighted by atomic mass is 16.5. The molecular weight excluding hydrogens is 224 g/mol. The minimum absolute atomic E-state index is 0.175. The van der Waals surface area contributed by atoms with Crippen LogP contribution < -0.4 is 4.74 Å². The van der Waals surface area contributed by atoms with E-state index >= 15 is 0 Å². The van der Waals surface area contributed by atoms with Gasteiger partial charge in [-0.05, 0) is 36.1 Å². The van der Waals surface area contributed by atoms with E-state index < -0.39 is 0 Å². The van der Waals surface area contributed by atoms with Crippen molar-refractivity contribution >= 4 is 5.78 Å². The quantitative estimate of drug-likeness (QED) is 0.743. The maximum atomic E-state index is 11.7. The van der Waals surface area contributed by atoms with Crippen LogP contribution in [0.4, 0.5) is 0 Å². The number of ether oxygens (including phenoxy) is 1. The summed E-state index contributed by atoms with van der Waals surface area (Å²) in [6, 6.07) is 6.20. The fraction of sp³-hybridized carbons (Fsp3) is 0.562. The summed E-state index contributed by atoms with van der Waals surface area (Å²) in [6.45, 7) is 4.98. The van der Waals surface area contributed by atoms with Crippen LogP contribution in [0, 0.1) is 5.92 Å². The molecule has 1 unspecified atom stereocenters. The second-order valence-corrected chi connectivity index (χ2v) is 5.23. The summed E-state index contributed by atoms with van der Waals surface area (Å²) in [5.41, 5.74) is 2.47. The van der Waals surface area contributed by atoms with Crippen LogP contribution in [0.1, 0.15) is 44.2 Å². The molecule has 1 aliphatic rings. The molecule has 1 aromatic rings. The Morgan fingerprint density at radius 3 is 2.89 bits per heavy atom. The molecular formula is C16H22O2. The van der Waals surface area contributed by atoms with Gasteiger partial charge in [0.25, 0.3) is 0 Å². The van der Waals surface area contributed by atoms with E-state index in [0.717, 1.165) is 30.8 Å². The van der Waals surface area contributed by atoms with E-state index in [1.807, 2.05) is 19.1 Å². The van der Waals surface area contributed by atoms with Gasteiger partial charge >= 0.3 is 0 Å². The normalized spacial score (nSPS) is 18.6. The predicted octanol–water partition coefficient (Wildman–Crippen LogP) is 3.56. The highest BCUT2D eigenvalue weighted by molar-refractivity contribution is 5.85. The van der Waals surface area contributed by atoms with Crippen molar-refractivity contribution < 1.29 is 9.53 Å². The van der Waals surface area contributed by atoms with E-state index in [1.165, 1.54) is 18.4 Å². The van der Waals surface area contributed by atoms with Crippen molar-refractivity contribution in [3.63, 3.8) is 0 Å². The number of Topliss-reactive ketones (excluding diaryl/α,β-unsaturated/α-hetero) is 1. The maximum absolute atomic E-state index is 11.7. The van der Waals surface area contributed by atoms with Crippen LogP contribution in [0.3, 0.4) is 0 Å². The third kappa shape index (κ3) is 3.12. The van der Waals surface area contributed by atoms with Crippen molar-refractivity contribution in [1.82, 2.24) is 0 Å². The van der Waals surface area contributed by atoms with Crippen LogP contribution in [0.15, 0.2) is 18.2 Å². The van der Waals surface area contributed by atoms with E-state index in [9.17, 15) is 4.79 Å². The molecule has 0 aliphatic heterocycles. The predicted molar refractivity (Wildman–Crippen MR) is 73.0 cm³/mol. The molecule has 0 radical (unpaired) electrons. The number of carbonyl (C=O) groups excluding carboxylic acids is 1. The number of rotatable bonds is 5. The minimum atomic E-state index is 0.175. The third-order valence-corrected chi connectivity index (χ3v) is 3.63. The lowest BCUT2D eigenvalue weighted by molar-refractivity contribution is -0.122. The number of ketones is 1. The van der Waals surface area contributed by atoms with Gasteiger partial charge in [0.15, 0.2) is 0 Å². The topological polar surface area (TPSA) is 26.3 Å². The van der Waals surface area contributed by atoms with Crippen LogP contribution >= 0.6 is 0 Å². The second-order valence-electron chi connectivity index (χ2n) is 5.23. The number of benzene rings is 1. The lowest BCUT2D eigenvalue weighted by atomic mass is 9.84. The summed E-state index contributed by atoms with van der Waals surface area (Å²) in [4.78, 5) is 11.7. The van der Waals surface area contributed by atoms with Gasteiger partial charge in [-0.2, -0.15) is 0 Å². The highest BCUT2D eigenvalue weighted by Crippen LogP contribution is 2.26. The standard InChI is InChI=1S/C16H22O2/c1-3-4-5-8-18-15-7-6-13-9-12(2)16(17)11-14(13)10-15/h6-7,10,12H,3-5,8-9,11H2,1-2H3. The summed E-state index contributed by atoms with van der Waals surface area (Å²) in [5, 5.41) is 0. The number of carbonyl (C=O) groups is 1. The van der Waals surface area contributed by atoms with E-state index in [2.05, 4.69) is 13.0 Å². The van der Waals surface area contributed by atoms with Crippen LogP contribution in [0.25, 0.3) is 0 Å². The Kier molecular flexibility index (Phi) is 4.40. The number of hydrogen-bond donors (Lipinski definition) is 0. The third-order valence-electron chi connectivity index (χ3n) is 3.63. The molecule has 0 spiro atoms. The van der Waals surface area contributed by atoms with Crippen LogP contribution in [-0.2, 0) is 17.6 Å². The fourth-order valence-electron chi connectivity index (χ4n) is 2.40. The molecule has 0 heterocycles. The molecule has 2 nitrogen and oxygen atoms in total. The molecule has 1 aromatic carbocycles. The first-order chi connectivity index (χ1) is 8.70. The molecule has 18 heavy (non-hydrogen) atoms. The average Bonchev–Trinajstić information content (AvgIpc) is 2.36. The smallest absolute Gasteiger partial charge is 0.140 e. The Bertz CT molecular complexity index is 423. The van der Waals surface area contributed by atoms with Crippen LogP contribution in [0.2, 0.25) is 0 Å². The van der Waals surface area contributed by atoms with Gasteiger partial charge in [-0.15, -0.1) is 0 Å². The van der Waals surface area contributed by atoms with Gasteiger partial charge in [0.2, 0.25) is 0 Å². The fourth-order valence-corrected chi connectivity index (χ4v) is 2.40. The zero-order valence-electron chi connectivity index (χ0n) is 11.4. The number of fused-ring (bicyclic) bond motifs is 1. The van der Waals surface area contributed by atoms with Gasteiger partial charge in [0, 0.05) is 12.3 Å². The molecule has 0 bridgehead atoms. The van der Waals surface area contributed by atoms with Gasteiger partial charge < -0.3 is 4.74 Å². The zero-order chi connectivity index (χ0) is 13.0. The van der Waals surface area contributed by atoms with Crippen molar-refractivity contribution in [3.05, 3.63) is 29.3 Å². The Balaban J connectivity index is 1.99. The molecule has 1 atom stereocenters. The molecule has 2 rings (SSSR count). The van der Waals surface area contributed by atoms with Crippen molar-refractivity contribution in [2.45, 2.75) is 46.0 Å². The summed E-state index contributed by atoms with van der Waals surface area (Å²) in [7, 11) is 0.